The molecule has 5 rings (SSSR count). The van der Waals surface area contributed by atoms with Crippen LogP contribution in [-0.4, -0.2) is 46.5 Å². The van der Waals surface area contributed by atoms with Crippen LogP contribution in [0.3, 0.4) is 0 Å². The van der Waals surface area contributed by atoms with E-state index in [1.54, 1.807) is 19.5 Å². The first-order chi connectivity index (χ1) is 16.8. The topological polar surface area (TPSA) is 66.2 Å². The molecule has 6 nitrogen and oxygen atoms in total. The summed E-state index contributed by atoms with van der Waals surface area (Å²) >= 11 is 0. The first-order valence-electron chi connectivity index (χ1n) is 11.7. The molecule has 0 radical (unpaired) electrons. The smallest absolute Gasteiger partial charge is 0.159 e. The van der Waals surface area contributed by atoms with Crippen LogP contribution in [-0.2, 0) is 5.54 Å². The summed E-state index contributed by atoms with van der Waals surface area (Å²) < 4.78 is 35.3. The Bertz CT molecular complexity index is 1320. The van der Waals surface area contributed by atoms with Crippen molar-refractivity contribution < 1.29 is 13.5 Å². The van der Waals surface area contributed by atoms with Crippen LogP contribution >= 0.6 is 0 Å². The molecule has 0 bridgehead atoms. The number of hydrogen-bond acceptors (Lipinski definition) is 4. The highest BCUT2D eigenvalue weighted by Crippen LogP contribution is 2.39. The van der Waals surface area contributed by atoms with Crippen LogP contribution in [0.1, 0.15) is 36.6 Å². The normalized spacial score (nSPS) is 23.5. The molecule has 182 valence electrons. The molecule has 0 saturated carbocycles. The first-order valence-corrected chi connectivity index (χ1v) is 11.7. The highest BCUT2D eigenvalue weighted by molar-refractivity contribution is 6.01. The largest absolute Gasteiger partial charge is 0.495 e. The van der Waals surface area contributed by atoms with E-state index >= 15 is 0 Å². The molecule has 8 heteroatoms. The highest BCUT2D eigenvalue weighted by Gasteiger charge is 2.45. The third-order valence-electron chi connectivity index (χ3n) is 7.11. The van der Waals surface area contributed by atoms with Crippen molar-refractivity contribution in [3.05, 3.63) is 83.0 Å². The number of ether oxygens (including phenoxy) is 1. The Morgan fingerprint density at radius 1 is 1.20 bits per heavy atom. The van der Waals surface area contributed by atoms with Crippen molar-refractivity contribution in [1.82, 2.24) is 19.8 Å². The van der Waals surface area contributed by atoms with E-state index in [4.69, 9.17) is 10.1 Å². The van der Waals surface area contributed by atoms with Crippen molar-refractivity contribution in [3.8, 4) is 11.4 Å². The number of fused-ring (bicyclic) bond motifs is 1. The number of benzene rings is 2. The molecule has 2 fully saturated rings. The van der Waals surface area contributed by atoms with Gasteiger partial charge in [-0.1, -0.05) is 12.1 Å². The van der Waals surface area contributed by atoms with Gasteiger partial charge in [-0.05, 0) is 73.7 Å². The number of amidine groups is 1. The number of rotatable bonds is 4. The standard InChI is InChI=1S/C27H29F2N5O/c1-17-14-33(16-32-17)24-9-4-18(11-25(24)35-3)10-19-5-7-21-13-31-15-27(2,34(21)26(19)30)20-6-8-22(28)23(29)12-20/h4,6,8-12,14,16,21,30-31H,5,7,13,15H2,1-3H3. The number of piperazine rings is 1. The zero-order valence-electron chi connectivity index (χ0n) is 20.1. The predicted molar refractivity (Wildman–Crippen MR) is 132 cm³/mol. The van der Waals surface area contributed by atoms with Gasteiger partial charge >= 0.3 is 0 Å². The van der Waals surface area contributed by atoms with Gasteiger partial charge in [-0.2, -0.15) is 0 Å². The van der Waals surface area contributed by atoms with Crippen molar-refractivity contribution in [1.29, 1.82) is 5.41 Å². The Morgan fingerprint density at radius 3 is 2.74 bits per heavy atom. The maximum atomic E-state index is 14.1. The Balaban J connectivity index is 1.49. The van der Waals surface area contributed by atoms with Crippen LogP contribution in [0.4, 0.5) is 8.78 Å². The number of imidazole rings is 1. The van der Waals surface area contributed by atoms with Crippen LogP contribution in [0, 0.1) is 24.0 Å². The van der Waals surface area contributed by atoms with Gasteiger partial charge in [0.15, 0.2) is 11.6 Å². The molecule has 2 aliphatic rings. The van der Waals surface area contributed by atoms with E-state index in [1.807, 2.05) is 48.9 Å². The van der Waals surface area contributed by atoms with Crippen molar-refractivity contribution in [2.24, 2.45) is 0 Å². The van der Waals surface area contributed by atoms with E-state index in [2.05, 4.69) is 15.2 Å². The van der Waals surface area contributed by atoms with Crippen molar-refractivity contribution >= 4 is 11.9 Å². The van der Waals surface area contributed by atoms with E-state index in [0.29, 0.717) is 23.7 Å². The van der Waals surface area contributed by atoms with E-state index in [-0.39, 0.29) is 6.04 Å². The number of aromatic nitrogens is 2. The molecule has 0 aliphatic carbocycles. The summed E-state index contributed by atoms with van der Waals surface area (Å²) in [7, 11) is 1.64. The van der Waals surface area contributed by atoms with Gasteiger partial charge in [0.2, 0.25) is 0 Å². The minimum Gasteiger partial charge on any atom is -0.495 e. The fourth-order valence-corrected chi connectivity index (χ4v) is 5.28. The lowest BCUT2D eigenvalue weighted by atomic mass is 9.81. The number of hydrogen-bond donors (Lipinski definition) is 2. The molecule has 2 aliphatic heterocycles. The van der Waals surface area contributed by atoms with Crippen LogP contribution in [0.15, 0.2) is 54.5 Å². The van der Waals surface area contributed by atoms with Crippen molar-refractivity contribution in [3.63, 3.8) is 0 Å². The lowest BCUT2D eigenvalue weighted by Gasteiger charge is -2.54. The molecule has 2 atom stereocenters. The fraction of sp³-hybridized carbons (Fsp3) is 0.333. The van der Waals surface area contributed by atoms with E-state index in [1.165, 1.54) is 12.1 Å². The molecule has 3 aromatic rings. The second kappa shape index (κ2) is 8.92. The number of piperidine rings is 1. The SMILES string of the molecule is COc1cc(C=C2CCC3CNCC(C)(c4ccc(F)c(F)c4)N3C2=N)ccc1-n1cnc(C)c1. The summed E-state index contributed by atoms with van der Waals surface area (Å²) in [6, 6.07) is 10.1. The van der Waals surface area contributed by atoms with Gasteiger partial charge in [0.25, 0.3) is 0 Å². The molecule has 2 unspecified atom stereocenters. The highest BCUT2D eigenvalue weighted by atomic mass is 19.2. The van der Waals surface area contributed by atoms with Crippen LogP contribution in [0.5, 0.6) is 5.75 Å². The molecule has 2 saturated heterocycles. The minimum absolute atomic E-state index is 0.105. The summed E-state index contributed by atoms with van der Waals surface area (Å²) in [5.74, 6) is -0.602. The molecular formula is C27H29F2N5O. The third kappa shape index (κ3) is 4.12. The Morgan fingerprint density at radius 2 is 2.03 bits per heavy atom. The van der Waals surface area contributed by atoms with Gasteiger partial charge in [-0.3, -0.25) is 5.41 Å². The zero-order valence-corrected chi connectivity index (χ0v) is 20.1. The summed E-state index contributed by atoms with van der Waals surface area (Å²) in [5, 5.41) is 12.6. The quantitative estimate of drug-likeness (QED) is 0.566. The molecule has 2 aromatic carbocycles. The number of nitrogens with one attached hydrogen (secondary N) is 2. The van der Waals surface area contributed by atoms with E-state index in [9.17, 15) is 8.78 Å². The molecule has 0 amide bonds. The lowest BCUT2D eigenvalue weighted by molar-refractivity contribution is 0.0830. The number of nitrogens with zero attached hydrogens (tertiary/aromatic N) is 3. The Labute approximate surface area is 203 Å². The summed E-state index contributed by atoms with van der Waals surface area (Å²) in [6.45, 7) is 5.22. The average molecular weight is 478 g/mol. The summed E-state index contributed by atoms with van der Waals surface area (Å²) in [6.07, 6.45) is 7.35. The van der Waals surface area contributed by atoms with Crippen molar-refractivity contribution in [2.75, 3.05) is 20.2 Å². The fourth-order valence-electron chi connectivity index (χ4n) is 5.28. The minimum atomic E-state index is -0.870. The Hall–Kier alpha value is -3.52. The van der Waals surface area contributed by atoms with Crippen LogP contribution < -0.4 is 10.1 Å². The van der Waals surface area contributed by atoms with Gasteiger partial charge in [0.1, 0.15) is 11.6 Å². The molecule has 3 heterocycles. The average Bonchev–Trinajstić information content (AvgIpc) is 3.28. The van der Waals surface area contributed by atoms with Gasteiger partial charge in [0, 0.05) is 25.3 Å². The van der Waals surface area contributed by atoms with Gasteiger partial charge in [-0.15, -0.1) is 0 Å². The summed E-state index contributed by atoms with van der Waals surface area (Å²) in [5.41, 5.74) is 3.64. The molecule has 2 N–H and O–H groups in total. The maximum absolute atomic E-state index is 14.1. The second-order valence-corrected chi connectivity index (χ2v) is 9.47. The first kappa shape index (κ1) is 23.2. The number of aryl methyl sites for hydroxylation is 1. The molecular weight excluding hydrogens is 448 g/mol. The Kier molecular flexibility index (Phi) is 5.92. The lowest BCUT2D eigenvalue weighted by Crippen LogP contribution is -2.65. The second-order valence-electron chi connectivity index (χ2n) is 9.47. The molecule has 1 aromatic heterocycles. The van der Waals surface area contributed by atoms with Crippen molar-refractivity contribution in [2.45, 2.75) is 38.3 Å². The molecule has 35 heavy (non-hydrogen) atoms. The summed E-state index contributed by atoms with van der Waals surface area (Å²) in [4.78, 5) is 6.37. The van der Waals surface area contributed by atoms with Crippen LogP contribution in [0.2, 0.25) is 0 Å². The number of methoxy groups -OCH3 is 1. The zero-order chi connectivity index (χ0) is 24.7. The van der Waals surface area contributed by atoms with E-state index < -0.39 is 17.2 Å². The maximum Gasteiger partial charge on any atom is 0.159 e. The number of halogens is 2. The van der Waals surface area contributed by atoms with Gasteiger partial charge in [0.05, 0.1) is 30.4 Å². The van der Waals surface area contributed by atoms with Gasteiger partial charge in [-0.25, -0.2) is 13.8 Å². The third-order valence-corrected chi connectivity index (χ3v) is 7.11. The van der Waals surface area contributed by atoms with Crippen LogP contribution in [0.25, 0.3) is 11.8 Å². The predicted octanol–water partition coefficient (Wildman–Crippen LogP) is 4.81. The molecule has 0 spiro atoms. The van der Waals surface area contributed by atoms with E-state index in [0.717, 1.165) is 41.9 Å². The van der Waals surface area contributed by atoms with Gasteiger partial charge < -0.3 is 19.5 Å². The monoisotopic (exact) mass is 477 g/mol.